The first-order valence-electron chi connectivity index (χ1n) is 8.40. The lowest BCUT2D eigenvalue weighted by atomic mass is 10.1. The number of benzene rings is 2. The van der Waals surface area contributed by atoms with Crippen LogP contribution in [-0.2, 0) is 16.0 Å². The quantitative estimate of drug-likeness (QED) is 0.777. The lowest BCUT2D eigenvalue weighted by Crippen LogP contribution is -2.21. The van der Waals surface area contributed by atoms with Crippen molar-refractivity contribution in [1.29, 1.82) is 0 Å². The van der Waals surface area contributed by atoms with Gasteiger partial charge < -0.3 is 15.0 Å². The Morgan fingerprint density at radius 1 is 1.04 bits per heavy atom. The molecule has 0 fully saturated rings. The molecule has 2 rings (SSSR count). The van der Waals surface area contributed by atoms with Crippen molar-refractivity contribution in [3.8, 4) is 5.75 Å². The highest BCUT2D eigenvalue weighted by atomic mass is 16.5. The second-order valence-corrected chi connectivity index (χ2v) is 6.08. The Kier molecular flexibility index (Phi) is 6.97. The second-order valence-electron chi connectivity index (χ2n) is 6.08. The van der Waals surface area contributed by atoms with Crippen LogP contribution in [0.4, 0.5) is 5.69 Å². The normalized spacial score (nSPS) is 10.6. The Labute approximate surface area is 154 Å². The standard InChI is InChI=1S/C21H24N2O3/c1-23(2)21(25)15-9-16-4-10-18(11-5-16)22-20(24)14-8-17-6-12-19(26-3)13-7-17/h4-8,10-14H,9,15H2,1-3H3,(H,22,24)/b14-8+. The largest absolute Gasteiger partial charge is 0.497 e. The van der Waals surface area contributed by atoms with E-state index in [9.17, 15) is 9.59 Å². The van der Waals surface area contributed by atoms with Gasteiger partial charge in [0.1, 0.15) is 5.75 Å². The second kappa shape index (κ2) is 9.42. The minimum absolute atomic E-state index is 0.103. The molecule has 0 radical (unpaired) electrons. The van der Waals surface area contributed by atoms with Gasteiger partial charge in [-0.15, -0.1) is 0 Å². The summed E-state index contributed by atoms with van der Waals surface area (Å²) in [4.78, 5) is 25.2. The maximum atomic E-state index is 12.0. The molecule has 2 aromatic carbocycles. The number of methoxy groups -OCH3 is 1. The number of nitrogens with one attached hydrogen (secondary N) is 1. The summed E-state index contributed by atoms with van der Waals surface area (Å²) < 4.78 is 5.10. The van der Waals surface area contributed by atoms with Crippen LogP contribution in [-0.4, -0.2) is 37.9 Å². The van der Waals surface area contributed by atoms with Crippen LogP contribution in [0.25, 0.3) is 6.08 Å². The first-order chi connectivity index (χ1) is 12.5. The average Bonchev–Trinajstić information content (AvgIpc) is 2.65. The molecule has 0 aromatic heterocycles. The predicted octanol–water partition coefficient (Wildman–Crippen LogP) is 3.37. The summed E-state index contributed by atoms with van der Waals surface area (Å²) in [5.74, 6) is 0.682. The van der Waals surface area contributed by atoms with Crippen LogP contribution in [0, 0.1) is 0 Å². The first kappa shape index (κ1) is 19.2. The molecule has 0 atom stereocenters. The van der Waals surface area contributed by atoms with Crippen molar-refractivity contribution < 1.29 is 14.3 Å². The van der Waals surface area contributed by atoms with Gasteiger partial charge in [0.05, 0.1) is 7.11 Å². The smallest absolute Gasteiger partial charge is 0.248 e. The molecule has 0 bridgehead atoms. The van der Waals surface area contributed by atoms with Crippen LogP contribution in [0.2, 0.25) is 0 Å². The number of aryl methyl sites for hydroxylation is 1. The molecule has 0 saturated heterocycles. The van der Waals surface area contributed by atoms with E-state index in [2.05, 4.69) is 5.32 Å². The van der Waals surface area contributed by atoms with E-state index in [0.717, 1.165) is 22.6 Å². The monoisotopic (exact) mass is 352 g/mol. The molecule has 5 nitrogen and oxygen atoms in total. The highest BCUT2D eigenvalue weighted by Crippen LogP contribution is 2.14. The number of anilines is 1. The van der Waals surface area contributed by atoms with Crippen molar-refractivity contribution in [3.05, 3.63) is 65.7 Å². The fourth-order valence-corrected chi connectivity index (χ4v) is 2.30. The molecule has 0 spiro atoms. The molecule has 0 aliphatic heterocycles. The molecule has 26 heavy (non-hydrogen) atoms. The minimum Gasteiger partial charge on any atom is -0.497 e. The lowest BCUT2D eigenvalue weighted by Gasteiger charge is -2.10. The summed E-state index contributed by atoms with van der Waals surface area (Å²) in [5, 5.41) is 2.82. The van der Waals surface area contributed by atoms with Gasteiger partial charge in [-0.2, -0.15) is 0 Å². The van der Waals surface area contributed by atoms with Gasteiger partial charge in [0, 0.05) is 32.3 Å². The van der Waals surface area contributed by atoms with E-state index >= 15 is 0 Å². The zero-order valence-electron chi connectivity index (χ0n) is 15.4. The Morgan fingerprint density at radius 2 is 1.69 bits per heavy atom. The number of amides is 2. The summed E-state index contributed by atoms with van der Waals surface area (Å²) in [6.07, 6.45) is 4.40. The molecule has 0 heterocycles. The van der Waals surface area contributed by atoms with Crippen molar-refractivity contribution >= 4 is 23.6 Å². The minimum atomic E-state index is -0.198. The fraction of sp³-hybridized carbons (Fsp3) is 0.238. The first-order valence-corrected chi connectivity index (χ1v) is 8.40. The van der Waals surface area contributed by atoms with Gasteiger partial charge in [-0.1, -0.05) is 24.3 Å². The molecule has 2 amide bonds. The molecular weight excluding hydrogens is 328 g/mol. The van der Waals surface area contributed by atoms with Gasteiger partial charge in [0.2, 0.25) is 11.8 Å². The molecule has 2 aromatic rings. The lowest BCUT2D eigenvalue weighted by molar-refractivity contribution is -0.128. The fourth-order valence-electron chi connectivity index (χ4n) is 2.30. The van der Waals surface area contributed by atoms with E-state index in [0.29, 0.717) is 12.8 Å². The Bertz CT molecular complexity index is 763. The number of carbonyl (C=O) groups excluding carboxylic acids is 2. The third kappa shape index (κ3) is 6.09. The van der Waals surface area contributed by atoms with E-state index in [1.54, 1.807) is 32.2 Å². The van der Waals surface area contributed by atoms with E-state index < -0.39 is 0 Å². The number of carbonyl (C=O) groups is 2. The highest BCUT2D eigenvalue weighted by molar-refractivity contribution is 6.01. The maximum absolute atomic E-state index is 12.0. The topological polar surface area (TPSA) is 58.6 Å². The van der Waals surface area contributed by atoms with Crippen LogP contribution >= 0.6 is 0 Å². The zero-order chi connectivity index (χ0) is 18.9. The third-order valence-electron chi connectivity index (χ3n) is 3.89. The van der Waals surface area contributed by atoms with Crippen molar-refractivity contribution in [2.24, 2.45) is 0 Å². The summed E-state index contributed by atoms with van der Waals surface area (Å²) in [7, 11) is 5.12. The number of hydrogen-bond donors (Lipinski definition) is 1. The van der Waals surface area contributed by atoms with Crippen LogP contribution < -0.4 is 10.1 Å². The van der Waals surface area contributed by atoms with E-state index in [1.807, 2.05) is 48.5 Å². The molecule has 1 N–H and O–H groups in total. The van der Waals surface area contributed by atoms with Crippen LogP contribution in [0.15, 0.2) is 54.6 Å². The van der Waals surface area contributed by atoms with Crippen molar-refractivity contribution in [1.82, 2.24) is 4.90 Å². The van der Waals surface area contributed by atoms with Crippen molar-refractivity contribution in [2.45, 2.75) is 12.8 Å². The Morgan fingerprint density at radius 3 is 2.27 bits per heavy atom. The van der Waals surface area contributed by atoms with Crippen molar-refractivity contribution in [3.63, 3.8) is 0 Å². The van der Waals surface area contributed by atoms with Gasteiger partial charge in [-0.25, -0.2) is 0 Å². The van der Waals surface area contributed by atoms with E-state index in [1.165, 1.54) is 6.08 Å². The van der Waals surface area contributed by atoms with Crippen LogP contribution in [0.5, 0.6) is 5.75 Å². The molecule has 5 heteroatoms. The average molecular weight is 352 g/mol. The summed E-state index contributed by atoms with van der Waals surface area (Å²) in [6, 6.07) is 15.0. The summed E-state index contributed by atoms with van der Waals surface area (Å²) >= 11 is 0. The SMILES string of the molecule is COc1ccc(/C=C/C(=O)Nc2ccc(CCC(=O)N(C)C)cc2)cc1. The summed E-state index contributed by atoms with van der Waals surface area (Å²) in [6.45, 7) is 0. The number of ether oxygens (including phenoxy) is 1. The molecule has 0 saturated carbocycles. The molecule has 0 unspecified atom stereocenters. The number of nitrogens with zero attached hydrogens (tertiary/aromatic N) is 1. The predicted molar refractivity (Wildman–Crippen MR) is 104 cm³/mol. The van der Waals surface area contributed by atoms with Gasteiger partial charge >= 0.3 is 0 Å². The third-order valence-corrected chi connectivity index (χ3v) is 3.89. The Balaban J connectivity index is 1.86. The van der Waals surface area contributed by atoms with Crippen LogP contribution in [0.3, 0.4) is 0 Å². The van der Waals surface area contributed by atoms with Gasteiger partial charge in [0.25, 0.3) is 0 Å². The summed E-state index contributed by atoms with van der Waals surface area (Å²) in [5.41, 5.74) is 2.70. The van der Waals surface area contributed by atoms with Crippen molar-refractivity contribution in [2.75, 3.05) is 26.5 Å². The molecular formula is C21H24N2O3. The number of hydrogen-bond acceptors (Lipinski definition) is 3. The van der Waals surface area contributed by atoms with Gasteiger partial charge in [-0.3, -0.25) is 9.59 Å². The van der Waals surface area contributed by atoms with Gasteiger partial charge in [-0.05, 0) is 47.9 Å². The molecule has 0 aliphatic rings. The van der Waals surface area contributed by atoms with Gasteiger partial charge in [0.15, 0.2) is 0 Å². The van der Waals surface area contributed by atoms with E-state index in [-0.39, 0.29) is 11.8 Å². The molecule has 0 aliphatic carbocycles. The Hall–Kier alpha value is -3.08. The van der Waals surface area contributed by atoms with Crippen LogP contribution in [0.1, 0.15) is 17.5 Å². The van der Waals surface area contributed by atoms with E-state index in [4.69, 9.17) is 4.74 Å². The zero-order valence-corrected chi connectivity index (χ0v) is 15.4. The number of rotatable bonds is 7. The molecule has 136 valence electrons. The highest BCUT2D eigenvalue weighted by Gasteiger charge is 2.04. The maximum Gasteiger partial charge on any atom is 0.248 e.